The van der Waals surface area contributed by atoms with Crippen molar-refractivity contribution in [3.63, 3.8) is 0 Å². The number of hydrogen-bond acceptors (Lipinski definition) is 0. The zero-order chi connectivity index (χ0) is 9.10. The number of rotatable bonds is 2. The van der Waals surface area contributed by atoms with Gasteiger partial charge in [0.1, 0.15) is 0 Å². The minimum Gasteiger partial charge on any atom is -0.103 e. The second-order valence-corrected chi connectivity index (χ2v) is 3.32. The molecular weight excluding hydrogens is 156 g/mol. The summed E-state index contributed by atoms with van der Waals surface area (Å²) in [6.45, 7) is 3.75. The Balaban J connectivity index is 2.22. The van der Waals surface area contributed by atoms with Crippen LogP contribution in [0.25, 0.3) is 0 Å². The molecule has 0 fully saturated rings. The maximum Gasteiger partial charge on any atom is 0.0161 e. The third-order valence-electron chi connectivity index (χ3n) is 2.36. The molecule has 0 nitrogen and oxygen atoms in total. The summed E-state index contributed by atoms with van der Waals surface area (Å²) in [4.78, 5) is 0. The van der Waals surface area contributed by atoms with Gasteiger partial charge in [0.15, 0.2) is 0 Å². The van der Waals surface area contributed by atoms with Gasteiger partial charge in [-0.1, -0.05) is 42.0 Å². The Morgan fingerprint density at radius 3 is 3.00 bits per heavy atom. The monoisotopic (exact) mass is 169 g/mol. The normalized spacial score (nSPS) is 14.6. The molecule has 0 saturated heterocycles. The molecule has 13 heavy (non-hydrogen) atoms. The maximum absolute atomic E-state index is 3.75. The van der Waals surface area contributed by atoms with Gasteiger partial charge in [-0.2, -0.15) is 0 Å². The summed E-state index contributed by atoms with van der Waals surface area (Å²) in [5.41, 5.74) is 4.17. The van der Waals surface area contributed by atoms with Crippen molar-refractivity contribution in [1.29, 1.82) is 0 Å². The quantitative estimate of drug-likeness (QED) is 0.596. The van der Waals surface area contributed by atoms with Gasteiger partial charge < -0.3 is 0 Å². The van der Waals surface area contributed by atoms with Crippen LogP contribution in [0.1, 0.15) is 17.5 Å². The van der Waals surface area contributed by atoms with E-state index in [1.54, 1.807) is 0 Å². The zero-order valence-corrected chi connectivity index (χ0v) is 7.66. The van der Waals surface area contributed by atoms with E-state index in [0.717, 1.165) is 12.8 Å². The maximum atomic E-state index is 3.75. The summed E-state index contributed by atoms with van der Waals surface area (Å²) in [5.74, 6) is 0. The standard InChI is InChI=1S/C13H13/c1-2-5-11-8-9-12-6-3-4-7-13(12)10-11/h2-4,6-8,10H,1,5,9H2. The lowest BCUT2D eigenvalue weighted by Crippen LogP contribution is -1.99. The average Bonchev–Trinajstić information content (AvgIpc) is 2.18. The van der Waals surface area contributed by atoms with Crippen molar-refractivity contribution in [1.82, 2.24) is 0 Å². The Morgan fingerprint density at radius 2 is 2.15 bits per heavy atom. The summed E-state index contributed by atoms with van der Waals surface area (Å²) in [5, 5.41) is 0. The van der Waals surface area contributed by atoms with Crippen molar-refractivity contribution in [2.24, 2.45) is 0 Å². The average molecular weight is 169 g/mol. The van der Waals surface area contributed by atoms with Crippen LogP contribution < -0.4 is 0 Å². The fraction of sp³-hybridized carbons (Fsp3) is 0.154. The number of allylic oxidation sites excluding steroid dienone is 3. The molecule has 0 amide bonds. The summed E-state index contributed by atoms with van der Waals surface area (Å²) in [6, 6.07) is 8.55. The Labute approximate surface area is 79.6 Å². The van der Waals surface area contributed by atoms with Crippen LogP contribution in [0.5, 0.6) is 0 Å². The number of hydrogen-bond donors (Lipinski definition) is 0. The first-order chi connectivity index (χ1) is 6.40. The third kappa shape index (κ3) is 1.72. The second-order valence-electron chi connectivity index (χ2n) is 3.32. The van der Waals surface area contributed by atoms with Crippen LogP contribution in [0.15, 0.2) is 48.6 Å². The molecule has 0 bridgehead atoms. The van der Waals surface area contributed by atoms with Crippen LogP contribution in [-0.4, -0.2) is 0 Å². The molecule has 0 heteroatoms. The van der Waals surface area contributed by atoms with Gasteiger partial charge >= 0.3 is 0 Å². The molecule has 0 heterocycles. The molecule has 0 spiro atoms. The molecule has 1 aromatic carbocycles. The van der Waals surface area contributed by atoms with Crippen LogP contribution in [0.2, 0.25) is 0 Å². The third-order valence-corrected chi connectivity index (χ3v) is 2.36. The lowest BCUT2D eigenvalue weighted by Gasteiger charge is -2.15. The van der Waals surface area contributed by atoms with Gasteiger partial charge in [0.05, 0.1) is 0 Å². The SMILES string of the molecule is C=CCC1=CCc2ccccc2[CH]1. The molecule has 0 saturated carbocycles. The lowest BCUT2D eigenvalue weighted by atomic mass is 9.90. The summed E-state index contributed by atoms with van der Waals surface area (Å²) in [6.07, 6.45) is 8.53. The first kappa shape index (κ1) is 8.31. The highest BCUT2D eigenvalue weighted by atomic mass is 14.1. The Bertz CT molecular complexity index is 345. The smallest absolute Gasteiger partial charge is 0.0161 e. The van der Waals surface area contributed by atoms with Gasteiger partial charge in [0.2, 0.25) is 0 Å². The second kappa shape index (κ2) is 3.61. The van der Waals surface area contributed by atoms with Gasteiger partial charge in [-0.25, -0.2) is 0 Å². The molecule has 0 atom stereocenters. The van der Waals surface area contributed by atoms with Crippen molar-refractivity contribution >= 4 is 0 Å². The molecule has 1 aromatic rings. The summed E-state index contributed by atoms with van der Waals surface area (Å²) >= 11 is 0. The van der Waals surface area contributed by atoms with Gasteiger partial charge in [-0.3, -0.25) is 0 Å². The van der Waals surface area contributed by atoms with Gasteiger partial charge in [0, 0.05) is 6.42 Å². The van der Waals surface area contributed by atoms with Gasteiger partial charge in [-0.05, 0) is 24.0 Å². The first-order valence-electron chi connectivity index (χ1n) is 4.63. The van der Waals surface area contributed by atoms with E-state index in [1.807, 2.05) is 6.08 Å². The van der Waals surface area contributed by atoms with Crippen LogP contribution in [-0.2, 0) is 6.42 Å². The van der Waals surface area contributed by atoms with E-state index < -0.39 is 0 Å². The van der Waals surface area contributed by atoms with Crippen molar-refractivity contribution in [3.8, 4) is 0 Å². The first-order valence-corrected chi connectivity index (χ1v) is 4.63. The minimum atomic E-state index is 0.980. The summed E-state index contributed by atoms with van der Waals surface area (Å²) in [7, 11) is 0. The fourth-order valence-electron chi connectivity index (χ4n) is 1.67. The van der Waals surface area contributed by atoms with Crippen LogP contribution in [0.3, 0.4) is 0 Å². The van der Waals surface area contributed by atoms with Crippen LogP contribution >= 0.6 is 0 Å². The highest BCUT2D eigenvalue weighted by Crippen LogP contribution is 2.24. The molecule has 2 rings (SSSR count). The molecular formula is C13H13. The molecule has 0 N–H and O–H groups in total. The minimum absolute atomic E-state index is 0.980. The van der Waals surface area contributed by atoms with E-state index in [-0.39, 0.29) is 0 Å². The van der Waals surface area contributed by atoms with E-state index in [1.165, 1.54) is 16.7 Å². The fourth-order valence-corrected chi connectivity index (χ4v) is 1.67. The van der Waals surface area contributed by atoms with Crippen molar-refractivity contribution in [3.05, 3.63) is 66.1 Å². The lowest BCUT2D eigenvalue weighted by molar-refractivity contribution is 1.09. The largest absolute Gasteiger partial charge is 0.103 e. The predicted molar refractivity (Wildman–Crippen MR) is 56.4 cm³/mol. The highest BCUT2D eigenvalue weighted by molar-refractivity contribution is 5.45. The Hall–Kier alpha value is -1.30. The van der Waals surface area contributed by atoms with E-state index in [2.05, 4.69) is 43.3 Å². The Morgan fingerprint density at radius 1 is 1.31 bits per heavy atom. The van der Waals surface area contributed by atoms with Gasteiger partial charge in [-0.15, -0.1) is 6.58 Å². The van der Waals surface area contributed by atoms with E-state index in [4.69, 9.17) is 0 Å². The summed E-state index contributed by atoms with van der Waals surface area (Å²) < 4.78 is 0. The molecule has 1 aliphatic carbocycles. The van der Waals surface area contributed by atoms with Gasteiger partial charge in [0.25, 0.3) is 0 Å². The molecule has 65 valence electrons. The van der Waals surface area contributed by atoms with Crippen LogP contribution in [0.4, 0.5) is 0 Å². The molecule has 0 aliphatic heterocycles. The molecule has 0 aromatic heterocycles. The van der Waals surface area contributed by atoms with Crippen molar-refractivity contribution < 1.29 is 0 Å². The molecule has 0 unspecified atom stereocenters. The van der Waals surface area contributed by atoms with Crippen molar-refractivity contribution in [2.75, 3.05) is 0 Å². The number of fused-ring (bicyclic) bond motifs is 1. The molecule has 1 aliphatic rings. The van der Waals surface area contributed by atoms with E-state index in [0.29, 0.717) is 0 Å². The number of benzene rings is 1. The van der Waals surface area contributed by atoms with E-state index >= 15 is 0 Å². The molecule has 1 radical (unpaired) electrons. The topological polar surface area (TPSA) is 0 Å². The van der Waals surface area contributed by atoms with Crippen molar-refractivity contribution in [2.45, 2.75) is 12.8 Å². The predicted octanol–water partition coefficient (Wildman–Crippen LogP) is 3.30. The zero-order valence-electron chi connectivity index (χ0n) is 7.66. The Kier molecular flexibility index (Phi) is 2.31. The van der Waals surface area contributed by atoms with Crippen LogP contribution in [0, 0.1) is 6.42 Å². The van der Waals surface area contributed by atoms with E-state index in [9.17, 15) is 0 Å². The highest BCUT2D eigenvalue weighted by Gasteiger charge is 2.08.